The van der Waals surface area contributed by atoms with Gasteiger partial charge in [-0.3, -0.25) is 9.59 Å². The third kappa shape index (κ3) is 4.51. The third-order valence-electron chi connectivity index (χ3n) is 3.13. The van der Waals surface area contributed by atoms with E-state index in [0.29, 0.717) is 6.42 Å². The van der Waals surface area contributed by atoms with Crippen LogP contribution >= 0.6 is 0 Å². The van der Waals surface area contributed by atoms with Gasteiger partial charge in [-0.2, -0.15) is 0 Å². The SMILES string of the molecule is C=C(C)COC(=O)C(C)(C)CC(C)(CC)C(=O)O. The molecule has 0 heterocycles. The fourth-order valence-electron chi connectivity index (χ4n) is 1.78. The Kier molecular flexibility index (Phi) is 5.58. The lowest BCUT2D eigenvalue weighted by Gasteiger charge is -2.32. The van der Waals surface area contributed by atoms with E-state index in [1.54, 1.807) is 27.7 Å². The van der Waals surface area contributed by atoms with Crippen molar-refractivity contribution in [1.29, 1.82) is 0 Å². The molecule has 0 saturated carbocycles. The molecule has 0 bridgehead atoms. The molecule has 1 N–H and O–H groups in total. The van der Waals surface area contributed by atoms with E-state index in [1.165, 1.54) is 0 Å². The number of carbonyl (C=O) groups excluding carboxylic acids is 1. The molecule has 4 nitrogen and oxygen atoms in total. The molecule has 0 fully saturated rings. The van der Waals surface area contributed by atoms with Crippen LogP contribution in [0.4, 0.5) is 0 Å². The average molecular weight is 256 g/mol. The van der Waals surface area contributed by atoms with E-state index in [2.05, 4.69) is 6.58 Å². The van der Waals surface area contributed by atoms with Gasteiger partial charge in [0.2, 0.25) is 0 Å². The normalized spacial score (nSPS) is 14.7. The highest BCUT2D eigenvalue weighted by molar-refractivity contribution is 5.79. The Morgan fingerprint density at radius 3 is 2.11 bits per heavy atom. The number of carboxylic acid groups (broad SMARTS) is 1. The van der Waals surface area contributed by atoms with Gasteiger partial charge in [-0.25, -0.2) is 0 Å². The lowest BCUT2D eigenvalue weighted by molar-refractivity contribution is -0.159. The molecular formula is C14H24O4. The van der Waals surface area contributed by atoms with E-state index in [1.807, 2.05) is 6.92 Å². The molecule has 0 aromatic heterocycles. The third-order valence-corrected chi connectivity index (χ3v) is 3.13. The minimum Gasteiger partial charge on any atom is -0.481 e. The first kappa shape index (κ1) is 16.7. The summed E-state index contributed by atoms with van der Waals surface area (Å²) in [5.41, 5.74) is -0.972. The monoisotopic (exact) mass is 256 g/mol. The van der Waals surface area contributed by atoms with Crippen LogP contribution in [0.1, 0.15) is 47.5 Å². The largest absolute Gasteiger partial charge is 0.481 e. The van der Waals surface area contributed by atoms with E-state index in [-0.39, 0.29) is 19.0 Å². The fourth-order valence-corrected chi connectivity index (χ4v) is 1.78. The molecule has 0 rings (SSSR count). The fraction of sp³-hybridized carbons (Fsp3) is 0.714. The summed E-state index contributed by atoms with van der Waals surface area (Å²) < 4.78 is 5.11. The van der Waals surface area contributed by atoms with E-state index in [9.17, 15) is 14.7 Å². The van der Waals surface area contributed by atoms with Gasteiger partial charge in [0.25, 0.3) is 0 Å². The zero-order chi connectivity index (χ0) is 14.6. The summed E-state index contributed by atoms with van der Waals surface area (Å²) in [5.74, 6) is -1.27. The molecular weight excluding hydrogens is 232 g/mol. The van der Waals surface area contributed by atoms with Gasteiger partial charge < -0.3 is 9.84 Å². The highest BCUT2D eigenvalue weighted by Crippen LogP contribution is 2.37. The summed E-state index contributed by atoms with van der Waals surface area (Å²) in [4.78, 5) is 23.2. The standard InChI is InChI=1S/C14H24O4/c1-7-14(6,11(15)16)9-13(4,5)12(17)18-8-10(2)3/h2,7-9H2,1,3-6H3,(H,15,16). The molecule has 1 unspecified atom stereocenters. The number of hydrogen-bond donors (Lipinski definition) is 1. The van der Waals surface area contributed by atoms with Crippen molar-refractivity contribution in [1.82, 2.24) is 0 Å². The lowest BCUT2D eigenvalue weighted by atomic mass is 9.72. The van der Waals surface area contributed by atoms with Crippen molar-refractivity contribution in [3.05, 3.63) is 12.2 Å². The number of aliphatic carboxylic acids is 1. The first-order valence-corrected chi connectivity index (χ1v) is 6.10. The van der Waals surface area contributed by atoms with Crippen LogP contribution in [-0.2, 0) is 14.3 Å². The van der Waals surface area contributed by atoms with Gasteiger partial charge in [-0.05, 0) is 46.1 Å². The van der Waals surface area contributed by atoms with E-state index in [0.717, 1.165) is 5.57 Å². The Morgan fingerprint density at radius 1 is 1.28 bits per heavy atom. The van der Waals surface area contributed by atoms with Crippen LogP contribution in [0.15, 0.2) is 12.2 Å². The summed E-state index contributed by atoms with van der Waals surface area (Å²) in [6.07, 6.45) is 0.723. The molecule has 0 aliphatic heterocycles. The molecule has 0 amide bonds. The zero-order valence-electron chi connectivity index (χ0n) is 12.0. The van der Waals surface area contributed by atoms with Gasteiger partial charge >= 0.3 is 11.9 Å². The minimum absolute atomic E-state index is 0.179. The number of ether oxygens (including phenoxy) is 1. The molecule has 0 radical (unpaired) electrons. The summed E-state index contributed by atoms with van der Waals surface area (Å²) in [5, 5.41) is 9.23. The number of esters is 1. The Labute approximate surface area is 109 Å². The molecule has 0 aliphatic rings. The van der Waals surface area contributed by atoms with Gasteiger partial charge in [-0.15, -0.1) is 0 Å². The van der Waals surface area contributed by atoms with Crippen LogP contribution in [0.25, 0.3) is 0 Å². The number of carboxylic acids is 1. The summed E-state index contributed by atoms with van der Waals surface area (Å²) >= 11 is 0. The van der Waals surface area contributed by atoms with Crippen molar-refractivity contribution in [2.75, 3.05) is 6.61 Å². The predicted molar refractivity (Wildman–Crippen MR) is 70.2 cm³/mol. The Balaban J connectivity index is 4.77. The Bertz CT molecular complexity index is 344. The van der Waals surface area contributed by atoms with Gasteiger partial charge in [-0.1, -0.05) is 13.5 Å². The summed E-state index contributed by atoms with van der Waals surface area (Å²) in [7, 11) is 0. The smallest absolute Gasteiger partial charge is 0.311 e. The summed E-state index contributed by atoms with van der Waals surface area (Å²) in [6, 6.07) is 0. The van der Waals surface area contributed by atoms with Gasteiger partial charge in [0, 0.05) is 0 Å². The molecule has 0 aromatic rings. The second-order valence-electron chi connectivity index (χ2n) is 5.81. The highest BCUT2D eigenvalue weighted by Gasteiger charge is 2.41. The highest BCUT2D eigenvalue weighted by atomic mass is 16.5. The molecule has 1 atom stereocenters. The lowest BCUT2D eigenvalue weighted by Crippen LogP contribution is -2.37. The molecule has 18 heavy (non-hydrogen) atoms. The average Bonchev–Trinajstić information content (AvgIpc) is 2.24. The molecule has 104 valence electrons. The number of carbonyl (C=O) groups is 2. The number of hydrogen-bond acceptors (Lipinski definition) is 3. The van der Waals surface area contributed by atoms with Crippen LogP contribution in [0.3, 0.4) is 0 Å². The molecule has 0 spiro atoms. The second-order valence-corrected chi connectivity index (χ2v) is 5.81. The maximum Gasteiger partial charge on any atom is 0.311 e. The van der Waals surface area contributed by atoms with Crippen molar-refractivity contribution >= 4 is 11.9 Å². The topological polar surface area (TPSA) is 63.6 Å². The van der Waals surface area contributed by atoms with E-state index in [4.69, 9.17) is 4.74 Å². The van der Waals surface area contributed by atoms with Crippen LogP contribution in [-0.4, -0.2) is 23.7 Å². The van der Waals surface area contributed by atoms with Crippen molar-refractivity contribution in [2.45, 2.75) is 47.5 Å². The van der Waals surface area contributed by atoms with Gasteiger partial charge in [0.05, 0.1) is 10.8 Å². The molecule has 0 saturated heterocycles. The molecule has 0 aromatic carbocycles. The van der Waals surface area contributed by atoms with Crippen LogP contribution < -0.4 is 0 Å². The Hall–Kier alpha value is -1.32. The van der Waals surface area contributed by atoms with Crippen LogP contribution in [0.5, 0.6) is 0 Å². The van der Waals surface area contributed by atoms with E-state index >= 15 is 0 Å². The Morgan fingerprint density at radius 2 is 1.78 bits per heavy atom. The summed E-state index contributed by atoms with van der Waals surface area (Å²) in [6.45, 7) is 12.5. The van der Waals surface area contributed by atoms with Gasteiger partial charge in [0.1, 0.15) is 6.61 Å². The van der Waals surface area contributed by atoms with Crippen molar-refractivity contribution in [3.8, 4) is 0 Å². The van der Waals surface area contributed by atoms with Crippen molar-refractivity contribution in [2.24, 2.45) is 10.8 Å². The maximum absolute atomic E-state index is 11.9. The minimum atomic E-state index is -0.911. The van der Waals surface area contributed by atoms with Crippen LogP contribution in [0, 0.1) is 10.8 Å². The van der Waals surface area contributed by atoms with Gasteiger partial charge in [0.15, 0.2) is 0 Å². The first-order chi connectivity index (χ1) is 8.05. The number of rotatable bonds is 7. The molecule has 0 aliphatic carbocycles. The predicted octanol–water partition coefficient (Wildman–Crippen LogP) is 3.02. The van der Waals surface area contributed by atoms with Crippen LogP contribution in [0.2, 0.25) is 0 Å². The zero-order valence-corrected chi connectivity index (χ0v) is 12.0. The molecule has 4 heteroatoms. The van der Waals surface area contributed by atoms with Crippen molar-refractivity contribution in [3.63, 3.8) is 0 Å². The second kappa shape index (κ2) is 6.03. The van der Waals surface area contributed by atoms with E-state index < -0.39 is 16.8 Å². The maximum atomic E-state index is 11.9. The quantitative estimate of drug-likeness (QED) is 0.561. The van der Waals surface area contributed by atoms with Crippen molar-refractivity contribution < 1.29 is 19.4 Å². The first-order valence-electron chi connectivity index (χ1n) is 6.10.